The first-order valence-electron chi connectivity index (χ1n) is 5.33. The van der Waals surface area contributed by atoms with E-state index >= 15 is 0 Å². The van der Waals surface area contributed by atoms with Crippen LogP contribution < -0.4 is 0 Å². The van der Waals surface area contributed by atoms with E-state index in [4.69, 9.17) is 0 Å². The molecule has 0 aliphatic carbocycles. The summed E-state index contributed by atoms with van der Waals surface area (Å²) in [7, 11) is 0. The molecule has 0 spiro atoms. The Bertz CT molecular complexity index is 444. The molecule has 0 atom stereocenters. The molecule has 0 unspecified atom stereocenters. The Morgan fingerprint density at radius 3 is 2.82 bits per heavy atom. The van der Waals surface area contributed by atoms with Gasteiger partial charge in [0.15, 0.2) is 11.0 Å². The van der Waals surface area contributed by atoms with Gasteiger partial charge in [0.05, 0.1) is 13.1 Å². The summed E-state index contributed by atoms with van der Waals surface area (Å²) < 4.78 is 12.7. The number of nitrogens with zero attached hydrogens (tertiary/aromatic N) is 2. The molecule has 1 aromatic rings. The highest BCUT2D eigenvalue weighted by Crippen LogP contribution is 2.12. The normalized spacial score (nSPS) is 14.9. The molecule has 0 saturated heterocycles. The Balaban J connectivity index is 2.02. The van der Waals surface area contributed by atoms with Crippen molar-refractivity contribution in [3.63, 3.8) is 0 Å². The molecule has 2 rings (SSSR count). The molecule has 0 bridgehead atoms. The number of carbonyl (C=O) groups is 1. The maximum Gasteiger partial charge on any atom is 0.182 e. The van der Waals surface area contributed by atoms with E-state index in [1.165, 1.54) is 24.3 Å². The predicted octanol–water partition coefficient (Wildman–Crippen LogP) is 2.04. The third-order valence-corrected chi connectivity index (χ3v) is 3.32. The van der Waals surface area contributed by atoms with Gasteiger partial charge in [0.25, 0.3) is 0 Å². The fourth-order valence-corrected chi connectivity index (χ4v) is 2.34. The molecule has 1 heterocycles. The van der Waals surface area contributed by atoms with Gasteiger partial charge in [-0.3, -0.25) is 9.79 Å². The number of carbonyl (C=O) groups excluding carboxylic acids is 1. The molecule has 90 valence electrons. The van der Waals surface area contributed by atoms with Gasteiger partial charge in [-0.1, -0.05) is 11.8 Å². The third kappa shape index (κ3) is 2.85. The van der Waals surface area contributed by atoms with Crippen LogP contribution in [0.1, 0.15) is 10.4 Å². The van der Waals surface area contributed by atoms with Gasteiger partial charge in [-0.05, 0) is 30.5 Å². The molecule has 0 N–H and O–H groups in total. The lowest BCUT2D eigenvalue weighted by molar-refractivity contribution is 0.0967. The van der Waals surface area contributed by atoms with Gasteiger partial charge in [0.2, 0.25) is 0 Å². The van der Waals surface area contributed by atoms with Gasteiger partial charge in [-0.15, -0.1) is 0 Å². The summed E-state index contributed by atoms with van der Waals surface area (Å²) in [4.78, 5) is 18.2. The molecule has 1 aliphatic rings. The van der Waals surface area contributed by atoms with Gasteiger partial charge in [0, 0.05) is 12.1 Å². The van der Waals surface area contributed by atoms with E-state index in [1.54, 1.807) is 11.8 Å². The van der Waals surface area contributed by atoms with Crippen molar-refractivity contribution in [3.05, 3.63) is 35.6 Å². The number of benzene rings is 1. The van der Waals surface area contributed by atoms with Crippen molar-refractivity contribution in [1.29, 1.82) is 0 Å². The van der Waals surface area contributed by atoms with Crippen LogP contribution in [0.5, 0.6) is 0 Å². The van der Waals surface area contributed by atoms with Crippen molar-refractivity contribution in [2.45, 2.75) is 0 Å². The number of hydrogen-bond donors (Lipinski definition) is 0. The Kier molecular flexibility index (Phi) is 3.78. The van der Waals surface area contributed by atoms with Crippen molar-refractivity contribution in [3.8, 4) is 0 Å². The summed E-state index contributed by atoms with van der Waals surface area (Å²) in [6.07, 6.45) is 1.94. The van der Waals surface area contributed by atoms with E-state index < -0.39 is 0 Å². The van der Waals surface area contributed by atoms with Crippen LogP contribution in [0, 0.1) is 5.82 Å². The molecule has 5 heteroatoms. The van der Waals surface area contributed by atoms with Crippen LogP contribution in [0.3, 0.4) is 0 Å². The van der Waals surface area contributed by atoms with Gasteiger partial charge >= 0.3 is 0 Å². The summed E-state index contributed by atoms with van der Waals surface area (Å²) >= 11 is 1.54. The van der Waals surface area contributed by atoms with E-state index in [9.17, 15) is 9.18 Å². The Morgan fingerprint density at radius 1 is 1.47 bits per heavy atom. The summed E-state index contributed by atoms with van der Waals surface area (Å²) in [5, 5.41) is 0.903. The topological polar surface area (TPSA) is 32.7 Å². The second kappa shape index (κ2) is 5.31. The average Bonchev–Trinajstić information content (AvgIpc) is 2.77. The number of ketones is 1. The van der Waals surface area contributed by atoms with Crippen LogP contribution in [-0.4, -0.2) is 41.7 Å². The molecule has 0 amide bonds. The Morgan fingerprint density at radius 2 is 2.18 bits per heavy atom. The molecule has 1 aliphatic heterocycles. The number of amidine groups is 1. The van der Waals surface area contributed by atoms with Crippen LogP contribution in [0.2, 0.25) is 0 Å². The summed E-state index contributed by atoms with van der Waals surface area (Å²) in [6.45, 7) is 1.83. The first kappa shape index (κ1) is 12.1. The van der Waals surface area contributed by atoms with Crippen LogP contribution in [0.25, 0.3) is 0 Å². The zero-order chi connectivity index (χ0) is 12.3. The van der Waals surface area contributed by atoms with Crippen LogP contribution in [0.15, 0.2) is 29.3 Å². The number of Topliss-reactive ketones (excluding diaryl/α,β-unsaturated/α-hetero) is 1. The van der Waals surface area contributed by atoms with Gasteiger partial charge in [0.1, 0.15) is 5.82 Å². The SMILES string of the molecule is CSC1=NCCN1CC(=O)c1ccc(F)cc1. The molecule has 3 nitrogen and oxygen atoms in total. The van der Waals surface area contributed by atoms with Gasteiger partial charge < -0.3 is 4.90 Å². The number of halogens is 1. The fourth-order valence-electron chi connectivity index (χ4n) is 1.70. The first-order chi connectivity index (χ1) is 8.20. The number of thioether (sulfide) groups is 1. The second-order valence-electron chi connectivity index (χ2n) is 3.72. The lowest BCUT2D eigenvalue weighted by atomic mass is 10.1. The van der Waals surface area contributed by atoms with E-state index in [-0.39, 0.29) is 11.6 Å². The minimum absolute atomic E-state index is 0.00588. The molecular weight excluding hydrogens is 239 g/mol. The van der Waals surface area contributed by atoms with Crippen molar-refractivity contribution >= 4 is 22.7 Å². The second-order valence-corrected chi connectivity index (χ2v) is 4.49. The Hall–Kier alpha value is -1.36. The third-order valence-electron chi connectivity index (χ3n) is 2.57. The number of aliphatic imine (C=N–C) groups is 1. The quantitative estimate of drug-likeness (QED) is 0.772. The van der Waals surface area contributed by atoms with Gasteiger partial charge in [-0.2, -0.15) is 0 Å². The van der Waals surface area contributed by atoms with E-state index in [0.29, 0.717) is 12.1 Å². The largest absolute Gasteiger partial charge is 0.342 e. The monoisotopic (exact) mass is 252 g/mol. The highest BCUT2D eigenvalue weighted by molar-refractivity contribution is 8.13. The van der Waals surface area contributed by atoms with Crippen LogP contribution >= 0.6 is 11.8 Å². The lowest BCUT2D eigenvalue weighted by Gasteiger charge is -2.17. The molecule has 0 radical (unpaired) electrons. The molecule has 0 saturated carbocycles. The molecule has 0 aromatic heterocycles. The molecule has 17 heavy (non-hydrogen) atoms. The minimum Gasteiger partial charge on any atom is -0.342 e. The molecule has 1 aromatic carbocycles. The molecule has 0 fully saturated rings. The van der Waals surface area contributed by atoms with E-state index in [0.717, 1.165) is 18.3 Å². The van der Waals surface area contributed by atoms with Crippen LogP contribution in [-0.2, 0) is 0 Å². The van der Waals surface area contributed by atoms with Crippen molar-refractivity contribution in [1.82, 2.24) is 4.90 Å². The van der Waals surface area contributed by atoms with Crippen molar-refractivity contribution in [2.75, 3.05) is 25.9 Å². The van der Waals surface area contributed by atoms with Crippen molar-refractivity contribution < 1.29 is 9.18 Å². The summed E-state index contributed by atoms with van der Waals surface area (Å²) in [6, 6.07) is 5.65. The smallest absolute Gasteiger partial charge is 0.182 e. The average molecular weight is 252 g/mol. The maximum absolute atomic E-state index is 12.7. The standard InChI is InChI=1S/C12H13FN2OS/c1-17-12-14-6-7-15(12)8-11(16)9-2-4-10(13)5-3-9/h2-5H,6-8H2,1H3. The zero-order valence-corrected chi connectivity index (χ0v) is 10.3. The minimum atomic E-state index is -0.325. The van der Waals surface area contributed by atoms with Crippen molar-refractivity contribution in [2.24, 2.45) is 4.99 Å². The first-order valence-corrected chi connectivity index (χ1v) is 6.55. The van der Waals surface area contributed by atoms with E-state index in [2.05, 4.69) is 4.99 Å². The lowest BCUT2D eigenvalue weighted by Crippen LogP contribution is -2.31. The highest BCUT2D eigenvalue weighted by Gasteiger charge is 2.19. The van der Waals surface area contributed by atoms with E-state index in [1.807, 2.05) is 11.2 Å². The zero-order valence-electron chi connectivity index (χ0n) is 9.52. The van der Waals surface area contributed by atoms with Crippen LogP contribution in [0.4, 0.5) is 4.39 Å². The number of hydrogen-bond acceptors (Lipinski definition) is 4. The molecular formula is C12H13FN2OS. The predicted molar refractivity (Wildman–Crippen MR) is 68.1 cm³/mol. The Labute approximate surface area is 104 Å². The number of rotatable bonds is 3. The summed E-state index contributed by atoms with van der Waals surface area (Å²) in [5.74, 6) is -0.331. The summed E-state index contributed by atoms with van der Waals surface area (Å²) in [5.41, 5.74) is 0.541. The van der Waals surface area contributed by atoms with Gasteiger partial charge in [-0.25, -0.2) is 4.39 Å². The fraction of sp³-hybridized carbons (Fsp3) is 0.333. The maximum atomic E-state index is 12.7. The highest BCUT2D eigenvalue weighted by atomic mass is 32.2.